The zero-order valence-electron chi connectivity index (χ0n) is 13.8. The second kappa shape index (κ2) is 6.73. The molecule has 2 aliphatic rings. The SMILES string of the molecule is O=C1Nc2ccccc2CC[C@@H]1N1CCC(Cn2ccnn2)CC1. The van der Waals surface area contributed by atoms with Crippen molar-refractivity contribution in [2.24, 2.45) is 5.92 Å². The van der Waals surface area contributed by atoms with Crippen LogP contribution in [0.3, 0.4) is 0 Å². The van der Waals surface area contributed by atoms with Crippen LogP contribution < -0.4 is 5.32 Å². The van der Waals surface area contributed by atoms with Crippen molar-refractivity contribution in [1.29, 1.82) is 0 Å². The van der Waals surface area contributed by atoms with E-state index in [0.717, 1.165) is 51.0 Å². The van der Waals surface area contributed by atoms with E-state index in [1.54, 1.807) is 6.20 Å². The molecular formula is C18H23N5O. The van der Waals surface area contributed by atoms with E-state index in [2.05, 4.69) is 26.6 Å². The molecule has 2 aliphatic heterocycles. The summed E-state index contributed by atoms with van der Waals surface area (Å²) in [4.78, 5) is 15.0. The average molecular weight is 325 g/mol. The third kappa shape index (κ3) is 3.19. The Kier molecular flexibility index (Phi) is 4.30. The van der Waals surface area contributed by atoms with Crippen LogP contribution in [0, 0.1) is 5.92 Å². The summed E-state index contributed by atoms with van der Waals surface area (Å²) in [7, 11) is 0. The van der Waals surface area contributed by atoms with Crippen LogP contribution in [0.4, 0.5) is 5.69 Å². The lowest BCUT2D eigenvalue weighted by Crippen LogP contribution is -2.47. The van der Waals surface area contributed by atoms with E-state index < -0.39 is 0 Å². The van der Waals surface area contributed by atoms with Crippen molar-refractivity contribution >= 4 is 11.6 Å². The van der Waals surface area contributed by atoms with Crippen LogP contribution >= 0.6 is 0 Å². The lowest BCUT2D eigenvalue weighted by Gasteiger charge is -2.36. The van der Waals surface area contributed by atoms with Crippen LogP contribution in [0.25, 0.3) is 0 Å². The van der Waals surface area contributed by atoms with Gasteiger partial charge in [0.05, 0.1) is 12.2 Å². The summed E-state index contributed by atoms with van der Waals surface area (Å²) in [5.74, 6) is 0.767. The first kappa shape index (κ1) is 15.3. The smallest absolute Gasteiger partial charge is 0.241 e. The number of aromatic nitrogens is 3. The van der Waals surface area contributed by atoms with Crippen LogP contribution in [0.2, 0.25) is 0 Å². The summed E-state index contributed by atoms with van der Waals surface area (Å²) < 4.78 is 1.91. The van der Waals surface area contributed by atoms with Gasteiger partial charge in [0.1, 0.15) is 0 Å². The predicted molar refractivity (Wildman–Crippen MR) is 91.5 cm³/mol. The number of hydrogen-bond acceptors (Lipinski definition) is 4. The summed E-state index contributed by atoms with van der Waals surface area (Å²) in [6, 6.07) is 8.13. The van der Waals surface area contributed by atoms with Gasteiger partial charge in [0.25, 0.3) is 0 Å². The molecule has 126 valence electrons. The molecule has 0 aliphatic carbocycles. The van der Waals surface area contributed by atoms with Crippen molar-refractivity contribution in [2.75, 3.05) is 18.4 Å². The molecule has 0 radical (unpaired) electrons. The summed E-state index contributed by atoms with van der Waals surface area (Å²) in [5.41, 5.74) is 2.22. The van der Waals surface area contributed by atoms with E-state index in [0.29, 0.717) is 5.92 Å². The van der Waals surface area contributed by atoms with Crippen LogP contribution in [-0.2, 0) is 17.8 Å². The predicted octanol–water partition coefficient (Wildman–Crippen LogP) is 1.94. The first-order chi connectivity index (χ1) is 11.8. The molecule has 1 aromatic heterocycles. The first-order valence-electron chi connectivity index (χ1n) is 8.76. The molecule has 1 atom stereocenters. The average Bonchev–Trinajstić information content (AvgIpc) is 3.04. The van der Waals surface area contributed by atoms with Gasteiger partial charge in [0, 0.05) is 18.4 Å². The molecule has 24 heavy (non-hydrogen) atoms. The van der Waals surface area contributed by atoms with Crippen LogP contribution in [0.15, 0.2) is 36.7 Å². The Labute approximate surface area is 141 Å². The molecule has 6 nitrogen and oxygen atoms in total. The maximum Gasteiger partial charge on any atom is 0.241 e. The molecule has 3 heterocycles. The van der Waals surface area contributed by atoms with E-state index in [1.807, 2.05) is 29.1 Å². The molecular weight excluding hydrogens is 302 g/mol. The number of nitrogens with one attached hydrogen (secondary N) is 1. The van der Waals surface area contributed by atoms with Crippen LogP contribution in [0.5, 0.6) is 0 Å². The highest BCUT2D eigenvalue weighted by Crippen LogP contribution is 2.27. The molecule has 0 saturated carbocycles. The number of carbonyl (C=O) groups excluding carboxylic acids is 1. The summed E-state index contributed by atoms with van der Waals surface area (Å²) in [5, 5.41) is 11.0. The van der Waals surface area contributed by atoms with E-state index in [4.69, 9.17) is 0 Å². The number of hydrogen-bond donors (Lipinski definition) is 1. The number of piperidine rings is 1. The maximum atomic E-state index is 12.6. The van der Waals surface area contributed by atoms with Crippen LogP contribution in [0.1, 0.15) is 24.8 Å². The number of aryl methyl sites for hydroxylation is 1. The van der Waals surface area contributed by atoms with Crippen molar-refractivity contribution in [3.8, 4) is 0 Å². The molecule has 1 saturated heterocycles. The highest BCUT2D eigenvalue weighted by molar-refractivity contribution is 5.96. The molecule has 4 rings (SSSR count). The van der Waals surface area contributed by atoms with Gasteiger partial charge in [0.15, 0.2) is 0 Å². The molecule has 1 amide bonds. The lowest BCUT2D eigenvalue weighted by molar-refractivity contribution is -0.122. The van der Waals surface area contributed by atoms with E-state index in [9.17, 15) is 4.79 Å². The van der Waals surface area contributed by atoms with E-state index in [-0.39, 0.29) is 11.9 Å². The second-order valence-electron chi connectivity index (χ2n) is 6.81. The number of anilines is 1. The number of nitrogens with zero attached hydrogens (tertiary/aromatic N) is 4. The second-order valence-corrected chi connectivity index (χ2v) is 6.81. The van der Waals surface area contributed by atoms with Gasteiger partial charge in [-0.05, 0) is 56.3 Å². The minimum absolute atomic E-state index is 0.00952. The number of fused-ring (bicyclic) bond motifs is 1. The molecule has 1 aromatic carbocycles. The number of rotatable bonds is 3. The molecule has 6 heteroatoms. The normalized spacial score (nSPS) is 22.7. The Hall–Kier alpha value is -2.21. The monoisotopic (exact) mass is 325 g/mol. The van der Waals surface area contributed by atoms with Gasteiger partial charge < -0.3 is 5.32 Å². The summed E-state index contributed by atoms with van der Waals surface area (Å²) >= 11 is 0. The lowest BCUT2D eigenvalue weighted by atomic mass is 9.94. The van der Waals surface area contributed by atoms with Crippen molar-refractivity contribution in [2.45, 2.75) is 38.3 Å². The maximum absolute atomic E-state index is 12.6. The van der Waals surface area contributed by atoms with Gasteiger partial charge in [-0.3, -0.25) is 14.4 Å². The van der Waals surface area contributed by atoms with Crippen molar-refractivity contribution in [1.82, 2.24) is 19.9 Å². The number of likely N-dealkylation sites (tertiary alicyclic amines) is 1. The summed E-state index contributed by atoms with van der Waals surface area (Å²) in [6.07, 6.45) is 7.72. The topological polar surface area (TPSA) is 63.1 Å². The fourth-order valence-corrected chi connectivity index (χ4v) is 3.89. The molecule has 0 spiro atoms. The Bertz CT molecular complexity index is 691. The Morgan fingerprint density at radius 3 is 2.79 bits per heavy atom. The largest absolute Gasteiger partial charge is 0.324 e. The van der Waals surface area contributed by atoms with Gasteiger partial charge in [-0.25, -0.2) is 0 Å². The van der Waals surface area contributed by atoms with Crippen molar-refractivity contribution in [3.63, 3.8) is 0 Å². The highest BCUT2D eigenvalue weighted by atomic mass is 16.2. The molecule has 1 N–H and O–H groups in total. The molecule has 2 aromatic rings. The number of benzene rings is 1. The van der Waals surface area contributed by atoms with Gasteiger partial charge >= 0.3 is 0 Å². The van der Waals surface area contributed by atoms with Crippen molar-refractivity contribution in [3.05, 3.63) is 42.2 Å². The third-order valence-electron chi connectivity index (χ3n) is 5.27. The minimum Gasteiger partial charge on any atom is -0.324 e. The fraction of sp³-hybridized carbons (Fsp3) is 0.500. The molecule has 0 unspecified atom stereocenters. The minimum atomic E-state index is -0.00952. The fourth-order valence-electron chi connectivity index (χ4n) is 3.89. The van der Waals surface area contributed by atoms with Gasteiger partial charge in [-0.15, -0.1) is 5.10 Å². The molecule has 0 bridgehead atoms. The van der Waals surface area contributed by atoms with Gasteiger partial charge in [0.2, 0.25) is 5.91 Å². The van der Waals surface area contributed by atoms with E-state index in [1.165, 1.54) is 5.56 Å². The Morgan fingerprint density at radius 1 is 1.17 bits per heavy atom. The quantitative estimate of drug-likeness (QED) is 0.937. The van der Waals surface area contributed by atoms with Gasteiger partial charge in [-0.2, -0.15) is 0 Å². The van der Waals surface area contributed by atoms with Gasteiger partial charge in [-0.1, -0.05) is 23.4 Å². The van der Waals surface area contributed by atoms with Crippen LogP contribution in [-0.4, -0.2) is 44.9 Å². The molecule has 1 fully saturated rings. The number of carbonyl (C=O) groups is 1. The number of para-hydroxylation sites is 1. The van der Waals surface area contributed by atoms with Crippen molar-refractivity contribution < 1.29 is 4.79 Å². The number of amides is 1. The third-order valence-corrected chi connectivity index (χ3v) is 5.27. The zero-order valence-corrected chi connectivity index (χ0v) is 13.8. The zero-order chi connectivity index (χ0) is 16.4. The Morgan fingerprint density at radius 2 is 2.00 bits per heavy atom. The standard InChI is InChI=1S/C18H23N5O/c24-18-17(6-5-15-3-1-2-4-16(15)20-18)22-10-7-14(8-11-22)13-23-12-9-19-21-23/h1-4,9,12,14,17H,5-8,10-11,13H2,(H,20,24)/t17-/m0/s1. The Balaban J connectivity index is 1.36. The van der Waals surface area contributed by atoms with E-state index >= 15 is 0 Å². The first-order valence-corrected chi connectivity index (χ1v) is 8.76. The highest BCUT2D eigenvalue weighted by Gasteiger charge is 2.31. The summed E-state index contributed by atoms with van der Waals surface area (Å²) in [6.45, 7) is 2.89.